The van der Waals surface area contributed by atoms with Gasteiger partial charge in [0.25, 0.3) is 5.79 Å². The van der Waals surface area contributed by atoms with E-state index in [0.717, 1.165) is 11.1 Å². The Hall–Kier alpha value is -3.48. The third-order valence-corrected chi connectivity index (χ3v) is 4.74. The second kappa shape index (κ2) is 6.60. The average molecular weight is 376 g/mol. The van der Waals surface area contributed by atoms with E-state index >= 15 is 0 Å². The summed E-state index contributed by atoms with van der Waals surface area (Å²) in [6.07, 6.45) is -1.39. The molecule has 0 amide bonds. The van der Waals surface area contributed by atoms with Crippen LogP contribution in [0.3, 0.4) is 0 Å². The van der Waals surface area contributed by atoms with Crippen molar-refractivity contribution in [3.63, 3.8) is 0 Å². The summed E-state index contributed by atoms with van der Waals surface area (Å²) in [6.45, 7) is 0. The van der Waals surface area contributed by atoms with E-state index in [1.165, 1.54) is 30.3 Å². The van der Waals surface area contributed by atoms with Gasteiger partial charge < -0.3 is 20.1 Å². The van der Waals surface area contributed by atoms with Crippen LogP contribution in [-0.2, 0) is 0 Å². The first-order valence-corrected chi connectivity index (χ1v) is 8.57. The Morgan fingerprint density at radius 1 is 0.893 bits per heavy atom. The highest BCUT2D eigenvalue weighted by molar-refractivity contribution is 6.05. The highest BCUT2D eigenvalue weighted by Gasteiger charge is 2.50. The molecule has 0 saturated carbocycles. The third-order valence-electron chi connectivity index (χ3n) is 4.74. The quantitative estimate of drug-likeness (QED) is 0.607. The normalized spacial score (nSPS) is 17.5. The number of hydrogen-bond donors (Lipinski definition) is 3. The molecular formula is C22H16O6. The molecule has 0 bridgehead atoms. The van der Waals surface area contributed by atoms with Crippen molar-refractivity contribution in [3.8, 4) is 16.9 Å². The maximum absolute atomic E-state index is 12.7. The molecule has 0 radical (unpaired) electrons. The topological polar surface area (TPSA) is 104 Å². The Morgan fingerprint density at radius 2 is 1.57 bits per heavy atom. The zero-order valence-electron chi connectivity index (χ0n) is 14.6. The van der Waals surface area contributed by atoms with Crippen LogP contribution in [-0.4, -0.2) is 32.9 Å². The minimum Gasteiger partial charge on any atom is -0.479 e. The number of carbonyl (C=O) groups is 2. The number of carbonyl (C=O) groups excluding carboxylic acids is 1. The third kappa shape index (κ3) is 2.94. The van der Waals surface area contributed by atoms with Crippen molar-refractivity contribution < 1.29 is 29.6 Å². The number of ketones is 1. The molecule has 1 heterocycles. The standard InChI is InChI=1S/C22H16O6/c23-19-17-11-10-16(13-4-2-1-3-5-13)12-18(17)28-20(22(19,26)27)14-6-8-15(9-7-14)21(24)25/h1-12,20,26-27H,(H,24,25). The number of ether oxygens (including phenoxy) is 1. The molecule has 4 rings (SSSR count). The Labute approximate surface area is 160 Å². The van der Waals surface area contributed by atoms with Crippen LogP contribution >= 0.6 is 0 Å². The molecule has 1 aliphatic rings. The molecule has 6 nitrogen and oxygen atoms in total. The smallest absolute Gasteiger partial charge is 0.335 e. The summed E-state index contributed by atoms with van der Waals surface area (Å²) in [5.74, 6) is -4.52. The van der Waals surface area contributed by atoms with Crippen molar-refractivity contribution in [1.29, 1.82) is 0 Å². The molecule has 3 aromatic carbocycles. The largest absolute Gasteiger partial charge is 0.479 e. The van der Waals surface area contributed by atoms with Crippen molar-refractivity contribution in [3.05, 3.63) is 89.5 Å². The number of hydrogen-bond acceptors (Lipinski definition) is 5. The van der Waals surface area contributed by atoms with Gasteiger partial charge in [0.1, 0.15) is 5.75 Å². The van der Waals surface area contributed by atoms with Gasteiger partial charge in [-0.15, -0.1) is 0 Å². The van der Waals surface area contributed by atoms with Gasteiger partial charge in [-0.05, 0) is 41.0 Å². The Balaban J connectivity index is 1.76. The fourth-order valence-corrected chi connectivity index (χ4v) is 3.24. The first kappa shape index (κ1) is 17.9. The number of rotatable bonds is 3. The lowest BCUT2D eigenvalue weighted by Crippen LogP contribution is -2.49. The van der Waals surface area contributed by atoms with Crippen LogP contribution in [0.5, 0.6) is 5.75 Å². The number of fused-ring (bicyclic) bond motifs is 1. The monoisotopic (exact) mass is 376 g/mol. The van der Waals surface area contributed by atoms with Gasteiger partial charge in [0.15, 0.2) is 6.10 Å². The summed E-state index contributed by atoms with van der Waals surface area (Å²) in [4.78, 5) is 23.7. The lowest BCUT2D eigenvalue weighted by Gasteiger charge is -2.35. The number of aromatic carboxylic acids is 1. The summed E-state index contributed by atoms with van der Waals surface area (Å²) < 4.78 is 5.80. The van der Waals surface area contributed by atoms with Gasteiger partial charge in [-0.3, -0.25) is 4.79 Å². The minimum atomic E-state index is -2.77. The predicted molar refractivity (Wildman–Crippen MR) is 100 cm³/mol. The Morgan fingerprint density at radius 3 is 2.21 bits per heavy atom. The number of benzene rings is 3. The van der Waals surface area contributed by atoms with E-state index in [4.69, 9.17) is 9.84 Å². The highest BCUT2D eigenvalue weighted by atomic mass is 16.6. The first-order chi connectivity index (χ1) is 13.4. The van der Waals surface area contributed by atoms with Gasteiger partial charge in [0.05, 0.1) is 11.1 Å². The molecular weight excluding hydrogens is 360 g/mol. The van der Waals surface area contributed by atoms with Crippen LogP contribution in [0.1, 0.15) is 32.4 Å². The second-order valence-corrected chi connectivity index (χ2v) is 6.56. The van der Waals surface area contributed by atoms with Crippen LogP contribution in [0.2, 0.25) is 0 Å². The van der Waals surface area contributed by atoms with Crippen LogP contribution in [0, 0.1) is 0 Å². The number of carboxylic acids is 1. The second-order valence-electron chi connectivity index (χ2n) is 6.56. The molecule has 28 heavy (non-hydrogen) atoms. The molecule has 0 fully saturated rings. The molecule has 6 heteroatoms. The number of carboxylic acid groups (broad SMARTS) is 1. The Bertz CT molecular complexity index is 1050. The van der Waals surface area contributed by atoms with E-state index in [1.807, 2.05) is 30.3 Å². The van der Waals surface area contributed by atoms with Gasteiger partial charge in [-0.2, -0.15) is 0 Å². The highest BCUT2D eigenvalue weighted by Crippen LogP contribution is 2.41. The summed E-state index contributed by atoms with van der Waals surface area (Å²) in [5, 5.41) is 29.9. The van der Waals surface area contributed by atoms with Gasteiger partial charge in [0.2, 0.25) is 5.78 Å². The molecule has 1 unspecified atom stereocenters. The van der Waals surface area contributed by atoms with Crippen molar-refractivity contribution >= 4 is 11.8 Å². The van der Waals surface area contributed by atoms with Gasteiger partial charge in [0, 0.05) is 0 Å². The fourth-order valence-electron chi connectivity index (χ4n) is 3.24. The number of aliphatic hydroxyl groups is 2. The van der Waals surface area contributed by atoms with Crippen LogP contribution in [0.25, 0.3) is 11.1 Å². The summed E-state index contributed by atoms with van der Waals surface area (Å²) >= 11 is 0. The van der Waals surface area contributed by atoms with Crippen molar-refractivity contribution in [2.24, 2.45) is 0 Å². The molecule has 0 aliphatic carbocycles. The first-order valence-electron chi connectivity index (χ1n) is 8.57. The van der Waals surface area contributed by atoms with E-state index in [1.54, 1.807) is 12.1 Å². The zero-order valence-corrected chi connectivity index (χ0v) is 14.6. The van der Waals surface area contributed by atoms with Crippen molar-refractivity contribution in [1.82, 2.24) is 0 Å². The molecule has 1 atom stereocenters. The molecule has 140 valence electrons. The van der Waals surface area contributed by atoms with Gasteiger partial charge in [-0.25, -0.2) is 4.79 Å². The van der Waals surface area contributed by atoms with E-state index in [-0.39, 0.29) is 22.4 Å². The molecule has 3 aromatic rings. The van der Waals surface area contributed by atoms with Crippen LogP contribution < -0.4 is 4.74 Å². The van der Waals surface area contributed by atoms with E-state index in [2.05, 4.69) is 0 Å². The molecule has 1 aliphatic heterocycles. The maximum atomic E-state index is 12.7. The van der Waals surface area contributed by atoms with Crippen LogP contribution in [0.15, 0.2) is 72.8 Å². The van der Waals surface area contributed by atoms with E-state index < -0.39 is 23.6 Å². The van der Waals surface area contributed by atoms with Crippen molar-refractivity contribution in [2.75, 3.05) is 0 Å². The molecule has 0 aromatic heterocycles. The number of Topliss-reactive ketones (excluding diaryl/α,β-unsaturated/α-hetero) is 1. The maximum Gasteiger partial charge on any atom is 0.335 e. The fraction of sp³-hybridized carbons (Fsp3) is 0.0909. The van der Waals surface area contributed by atoms with Gasteiger partial charge in [-0.1, -0.05) is 48.5 Å². The van der Waals surface area contributed by atoms with Crippen LogP contribution in [0.4, 0.5) is 0 Å². The minimum absolute atomic E-state index is 0.0409. The predicted octanol–water partition coefficient (Wildman–Crippen LogP) is 3.05. The molecule has 0 saturated heterocycles. The van der Waals surface area contributed by atoms with Crippen molar-refractivity contribution in [2.45, 2.75) is 11.9 Å². The molecule has 0 spiro atoms. The zero-order chi connectivity index (χ0) is 19.9. The summed E-state index contributed by atoms with van der Waals surface area (Å²) in [5.41, 5.74) is 2.13. The average Bonchev–Trinajstić information content (AvgIpc) is 2.71. The van der Waals surface area contributed by atoms with E-state index in [0.29, 0.717) is 0 Å². The lowest BCUT2D eigenvalue weighted by atomic mass is 9.89. The summed E-state index contributed by atoms with van der Waals surface area (Å²) in [6, 6.07) is 19.8. The SMILES string of the molecule is O=C(O)c1ccc(C2Oc3cc(-c4ccccc4)ccc3C(=O)C2(O)O)cc1. The van der Waals surface area contributed by atoms with Gasteiger partial charge >= 0.3 is 5.97 Å². The Kier molecular flexibility index (Phi) is 4.22. The van der Waals surface area contributed by atoms with E-state index in [9.17, 15) is 19.8 Å². The summed E-state index contributed by atoms with van der Waals surface area (Å²) in [7, 11) is 0. The lowest BCUT2D eigenvalue weighted by molar-refractivity contribution is -0.186. The molecule has 3 N–H and O–H groups in total.